The molecule has 2 N–H and O–H groups in total. The van der Waals surface area contributed by atoms with Crippen molar-refractivity contribution in [2.75, 3.05) is 34.8 Å². The van der Waals surface area contributed by atoms with Gasteiger partial charge in [0.1, 0.15) is 29.9 Å². The molecule has 0 bridgehead atoms. The minimum absolute atomic E-state index is 0.123. The van der Waals surface area contributed by atoms with Gasteiger partial charge in [0.05, 0.1) is 6.20 Å². The summed E-state index contributed by atoms with van der Waals surface area (Å²) >= 11 is 0. The topological polar surface area (TPSA) is 156 Å². The Labute approximate surface area is 231 Å². The van der Waals surface area contributed by atoms with Gasteiger partial charge in [-0.25, -0.2) is 14.8 Å². The summed E-state index contributed by atoms with van der Waals surface area (Å²) in [7, 11) is 1.61. The van der Waals surface area contributed by atoms with Crippen molar-refractivity contribution in [2.45, 2.75) is 39.0 Å². The summed E-state index contributed by atoms with van der Waals surface area (Å²) in [4.78, 5) is 47.7. The van der Waals surface area contributed by atoms with Gasteiger partial charge in [-0.15, -0.1) is 0 Å². The summed E-state index contributed by atoms with van der Waals surface area (Å²) in [5, 5.41) is 16.3. The van der Waals surface area contributed by atoms with E-state index in [1.807, 2.05) is 0 Å². The van der Waals surface area contributed by atoms with E-state index in [0.29, 0.717) is 4.90 Å². The second-order valence-electron chi connectivity index (χ2n) is 10.4. The van der Waals surface area contributed by atoms with Gasteiger partial charge in [-0.3, -0.25) is 24.1 Å². The van der Waals surface area contributed by atoms with Crippen LogP contribution in [0.25, 0.3) is 11.5 Å². The first-order valence-electron chi connectivity index (χ1n) is 12.4. The summed E-state index contributed by atoms with van der Waals surface area (Å²) in [5.74, 6) is -1.49. The Kier molecular flexibility index (Phi) is 8.05. The van der Waals surface area contributed by atoms with Crippen LogP contribution in [-0.4, -0.2) is 74.2 Å². The Morgan fingerprint density at radius 1 is 1.29 bits per heavy atom. The number of rotatable bonds is 7. The number of amides is 3. The zero-order valence-corrected chi connectivity index (χ0v) is 22.6. The van der Waals surface area contributed by atoms with Crippen LogP contribution in [0.15, 0.2) is 35.2 Å². The van der Waals surface area contributed by atoms with E-state index in [1.165, 1.54) is 42.6 Å². The Bertz CT molecular complexity index is 1450. The SMILES string of the molecule is Cn1cc(NC(=O)c2coc(-c3ccnc(N(CC(F)(F)F)C(=O)OC(C)(C)C)c3)n2)c(N2CC(CO)CC2=O)n1. The van der Waals surface area contributed by atoms with Gasteiger partial charge in [-0.1, -0.05) is 0 Å². The highest BCUT2D eigenvalue weighted by atomic mass is 19.4. The fourth-order valence-corrected chi connectivity index (χ4v) is 4.00. The summed E-state index contributed by atoms with van der Waals surface area (Å²) in [6.45, 7) is 2.97. The minimum atomic E-state index is -4.74. The second kappa shape index (κ2) is 11.2. The van der Waals surface area contributed by atoms with Gasteiger partial charge >= 0.3 is 12.3 Å². The third kappa shape index (κ3) is 7.19. The van der Waals surface area contributed by atoms with E-state index in [1.54, 1.807) is 7.05 Å². The molecule has 3 aromatic rings. The largest absolute Gasteiger partial charge is 0.444 e. The molecule has 1 unspecified atom stereocenters. The van der Waals surface area contributed by atoms with Crippen LogP contribution < -0.4 is 15.1 Å². The number of aliphatic hydroxyl groups excluding tert-OH is 1. The second-order valence-corrected chi connectivity index (χ2v) is 10.4. The average Bonchev–Trinajstić information content (AvgIpc) is 3.59. The molecule has 0 radical (unpaired) electrons. The number of aromatic nitrogens is 4. The lowest BCUT2D eigenvalue weighted by Crippen LogP contribution is -2.42. The van der Waals surface area contributed by atoms with Crippen molar-refractivity contribution in [1.29, 1.82) is 0 Å². The van der Waals surface area contributed by atoms with E-state index < -0.39 is 30.3 Å². The van der Waals surface area contributed by atoms with Crippen LogP contribution >= 0.6 is 0 Å². The van der Waals surface area contributed by atoms with Crippen LogP contribution in [0.2, 0.25) is 0 Å². The minimum Gasteiger partial charge on any atom is -0.444 e. The first kappa shape index (κ1) is 29.5. The molecule has 0 saturated carbocycles. The Morgan fingerprint density at radius 3 is 2.66 bits per heavy atom. The molecule has 0 aliphatic carbocycles. The average molecular weight is 580 g/mol. The molecular weight excluding hydrogens is 551 g/mol. The maximum Gasteiger partial charge on any atom is 0.416 e. The fourth-order valence-electron chi connectivity index (χ4n) is 4.00. The van der Waals surface area contributed by atoms with Crippen molar-refractivity contribution >= 4 is 35.2 Å². The number of nitrogens with one attached hydrogen (secondary N) is 1. The van der Waals surface area contributed by atoms with Gasteiger partial charge in [0.15, 0.2) is 11.5 Å². The number of hydrogen-bond donors (Lipinski definition) is 2. The van der Waals surface area contributed by atoms with Gasteiger partial charge in [0.25, 0.3) is 5.91 Å². The van der Waals surface area contributed by atoms with Crippen LogP contribution in [0.4, 0.5) is 35.3 Å². The number of alkyl halides is 3. The smallest absolute Gasteiger partial charge is 0.416 e. The maximum absolute atomic E-state index is 13.3. The van der Waals surface area contributed by atoms with Gasteiger partial charge in [-0.05, 0) is 32.9 Å². The molecular formula is C25H28F3N7O6. The number of aryl methyl sites for hydroxylation is 1. The van der Waals surface area contributed by atoms with Gasteiger partial charge < -0.3 is 19.6 Å². The molecule has 1 aliphatic heterocycles. The molecule has 220 valence electrons. The van der Waals surface area contributed by atoms with E-state index in [-0.39, 0.29) is 65.9 Å². The highest BCUT2D eigenvalue weighted by molar-refractivity contribution is 6.06. The lowest BCUT2D eigenvalue weighted by atomic mass is 10.1. The van der Waals surface area contributed by atoms with Crippen molar-refractivity contribution < 1.29 is 41.8 Å². The van der Waals surface area contributed by atoms with Gasteiger partial charge in [0.2, 0.25) is 11.8 Å². The number of nitrogens with zero attached hydrogens (tertiary/aromatic N) is 6. The molecule has 16 heteroatoms. The zero-order chi connectivity index (χ0) is 30.1. The predicted octanol–water partition coefficient (Wildman–Crippen LogP) is 3.37. The monoisotopic (exact) mass is 579 g/mol. The molecule has 13 nitrogen and oxygen atoms in total. The van der Waals surface area contributed by atoms with Crippen LogP contribution in [0, 0.1) is 5.92 Å². The van der Waals surface area contributed by atoms with Gasteiger partial charge in [0, 0.05) is 44.3 Å². The summed E-state index contributed by atoms with van der Waals surface area (Å²) in [5.41, 5.74) is -0.863. The Balaban J connectivity index is 1.55. The lowest BCUT2D eigenvalue weighted by molar-refractivity contribution is -0.120. The molecule has 4 rings (SSSR count). The fraction of sp³-hybridized carbons (Fsp3) is 0.440. The molecule has 3 aromatic heterocycles. The third-order valence-corrected chi connectivity index (χ3v) is 5.73. The molecule has 1 aliphatic rings. The van der Waals surface area contributed by atoms with E-state index >= 15 is 0 Å². The molecule has 4 heterocycles. The number of hydrogen-bond acceptors (Lipinski definition) is 9. The van der Waals surface area contributed by atoms with E-state index in [4.69, 9.17) is 9.15 Å². The molecule has 3 amide bonds. The normalized spacial score (nSPS) is 15.8. The molecule has 0 spiro atoms. The highest BCUT2D eigenvalue weighted by Gasteiger charge is 2.37. The number of pyridine rings is 1. The first-order chi connectivity index (χ1) is 19.1. The van der Waals surface area contributed by atoms with Crippen LogP contribution in [0.1, 0.15) is 37.7 Å². The molecule has 1 saturated heterocycles. The van der Waals surface area contributed by atoms with Crippen molar-refractivity contribution in [1.82, 2.24) is 19.7 Å². The highest BCUT2D eigenvalue weighted by Crippen LogP contribution is 2.31. The van der Waals surface area contributed by atoms with E-state index in [0.717, 1.165) is 18.5 Å². The summed E-state index contributed by atoms with van der Waals surface area (Å²) < 4.78 is 51.8. The number of ether oxygens (including phenoxy) is 1. The first-order valence-corrected chi connectivity index (χ1v) is 12.4. The zero-order valence-electron chi connectivity index (χ0n) is 22.6. The molecule has 0 aromatic carbocycles. The Morgan fingerprint density at radius 2 is 2.02 bits per heavy atom. The molecule has 41 heavy (non-hydrogen) atoms. The maximum atomic E-state index is 13.3. The van der Waals surface area contributed by atoms with Crippen LogP contribution in [0.3, 0.4) is 0 Å². The van der Waals surface area contributed by atoms with Crippen molar-refractivity contribution in [3.05, 3.63) is 36.5 Å². The summed E-state index contributed by atoms with van der Waals surface area (Å²) in [6.07, 6.45) is -2.14. The van der Waals surface area contributed by atoms with Crippen molar-refractivity contribution in [3.8, 4) is 11.5 Å². The third-order valence-electron chi connectivity index (χ3n) is 5.73. The van der Waals surface area contributed by atoms with Gasteiger partial charge in [-0.2, -0.15) is 18.3 Å². The van der Waals surface area contributed by atoms with E-state index in [2.05, 4.69) is 20.4 Å². The number of halogens is 3. The number of carbonyl (C=O) groups is 3. The number of oxazole rings is 1. The number of carbonyl (C=O) groups excluding carboxylic acids is 3. The summed E-state index contributed by atoms with van der Waals surface area (Å²) in [6, 6.07) is 2.53. The number of anilines is 3. The standard InChI is InChI=1S/C25H28F3N7O6/c1-24(2,3)41-23(39)35(13-25(26,27)28)18-8-15(5-6-29-18)22-31-17(12-40-22)21(38)30-16-10-33(4)32-20(16)34-9-14(11-36)7-19(34)37/h5-6,8,10,12,14,36H,7,9,11,13H2,1-4H3,(H,30,38). The molecule has 1 atom stereocenters. The van der Waals surface area contributed by atoms with E-state index in [9.17, 15) is 32.7 Å². The predicted molar refractivity (Wildman–Crippen MR) is 138 cm³/mol. The molecule has 1 fully saturated rings. The van der Waals surface area contributed by atoms with Crippen molar-refractivity contribution in [2.24, 2.45) is 13.0 Å². The quantitative estimate of drug-likeness (QED) is 0.428. The van der Waals surface area contributed by atoms with Crippen LogP contribution in [0.5, 0.6) is 0 Å². The van der Waals surface area contributed by atoms with Crippen molar-refractivity contribution in [3.63, 3.8) is 0 Å². The number of aliphatic hydroxyl groups is 1. The Hall–Kier alpha value is -4.47. The van der Waals surface area contributed by atoms with Crippen LogP contribution in [-0.2, 0) is 16.6 Å². The lowest BCUT2D eigenvalue weighted by Gasteiger charge is -2.27.